The van der Waals surface area contributed by atoms with Gasteiger partial charge in [-0.25, -0.2) is 8.42 Å². The zero-order valence-corrected chi connectivity index (χ0v) is 12.7. The van der Waals surface area contributed by atoms with Gasteiger partial charge in [-0.15, -0.1) is 0 Å². The lowest BCUT2D eigenvalue weighted by atomic mass is 10.1. The molecule has 0 aliphatic carbocycles. The van der Waals surface area contributed by atoms with Gasteiger partial charge in [0.2, 0.25) is 5.91 Å². The van der Waals surface area contributed by atoms with Crippen LogP contribution in [0.1, 0.15) is 12.0 Å². The van der Waals surface area contributed by atoms with Crippen LogP contribution in [-0.2, 0) is 21.1 Å². The van der Waals surface area contributed by atoms with Crippen molar-refractivity contribution in [3.63, 3.8) is 0 Å². The highest BCUT2D eigenvalue weighted by atomic mass is 32.2. The quantitative estimate of drug-likeness (QED) is 0.930. The lowest BCUT2D eigenvalue weighted by Crippen LogP contribution is -2.38. The fourth-order valence-corrected chi connectivity index (χ4v) is 4.57. The Hall–Kier alpha value is -1.82. The molecule has 1 atom stereocenters. The Labute approximate surface area is 123 Å². The number of H-pyrrole nitrogens is 1. The number of carbonyl (C=O) groups is 1. The van der Waals surface area contributed by atoms with E-state index >= 15 is 0 Å². The van der Waals surface area contributed by atoms with Crippen molar-refractivity contribution in [2.75, 3.05) is 18.6 Å². The van der Waals surface area contributed by atoms with Crippen LogP contribution in [0.4, 0.5) is 0 Å². The molecular weight excluding hydrogens is 288 g/mol. The third kappa shape index (κ3) is 2.95. The number of rotatable bonds is 3. The molecule has 1 aromatic heterocycles. The van der Waals surface area contributed by atoms with Gasteiger partial charge in [0, 0.05) is 24.8 Å². The number of carbonyl (C=O) groups excluding carboxylic acids is 1. The number of benzene rings is 1. The summed E-state index contributed by atoms with van der Waals surface area (Å²) in [7, 11) is -1.27. The van der Waals surface area contributed by atoms with Crippen LogP contribution in [0.5, 0.6) is 0 Å². The molecule has 21 heavy (non-hydrogen) atoms. The van der Waals surface area contributed by atoms with Crippen molar-refractivity contribution in [1.82, 2.24) is 9.88 Å². The molecule has 0 radical (unpaired) electrons. The van der Waals surface area contributed by atoms with Crippen LogP contribution >= 0.6 is 0 Å². The van der Waals surface area contributed by atoms with Crippen molar-refractivity contribution < 1.29 is 13.2 Å². The van der Waals surface area contributed by atoms with Gasteiger partial charge in [0.15, 0.2) is 9.84 Å². The van der Waals surface area contributed by atoms with Gasteiger partial charge in [-0.2, -0.15) is 0 Å². The molecule has 6 heteroatoms. The van der Waals surface area contributed by atoms with Gasteiger partial charge in [-0.05, 0) is 35.6 Å². The van der Waals surface area contributed by atoms with E-state index in [1.165, 1.54) is 0 Å². The Morgan fingerprint density at radius 1 is 1.38 bits per heavy atom. The maximum Gasteiger partial charge on any atom is 0.227 e. The molecule has 0 bridgehead atoms. The van der Waals surface area contributed by atoms with Crippen molar-refractivity contribution in [3.8, 4) is 0 Å². The standard InChI is InChI=1S/C15H18N2O3S/c1-17(13-5-7-21(19,20)10-13)15(18)9-11-2-3-14-12(8-11)4-6-16-14/h2-4,6,8,13,16H,5,7,9-10H2,1H3. The molecule has 1 aliphatic heterocycles. The van der Waals surface area contributed by atoms with Crippen LogP contribution in [0.25, 0.3) is 10.9 Å². The predicted molar refractivity (Wildman–Crippen MR) is 81.8 cm³/mol. The lowest BCUT2D eigenvalue weighted by Gasteiger charge is -2.23. The number of sulfone groups is 1. The molecule has 2 heterocycles. The highest BCUT2D eigenvalue weighted by Gasteiger charge is 2.32. The summed E-state index contributed by atoms with van der Waals surface area (Å²) in [5.41, 5.74) is 1.99. The van der Waals surface area contributed by atoms with Gasteiger partial charge in [-0.1, -0.05) is 6.07 Å². The van der Waals surface area contributed by atoms with Gasteiger partial charge in [0.05, 0.1) is 17.9 Å². The number of fused-ring (bicyclic) bond motifs is 1. The zero-order chi connectivity index (χ0) is 15.0. The fourth-order valence-electron chi connectivity index (χ4n) is 2.80. The SMILES string of the molecule is CN(C(=O)Cc1ccc2[nH]ccc2c1)C1CCS(=O)(=O)C1. The van der Waals surface area contributed by atoms with Crippen molar-refractivity contribution in [2.24, 2.45) is 0 Å². The zero-order valence-electron chi connectivity index (χ0n) is 11.9. The monoisotopic (exact) mass is 306 g/mol. The summed E-state index contributed by atoms with van der Waals surface area (Å²) in [4.78, 5) is 17.0. The molecule has 112 valence electrons. The van der Waals surface area contributed by atoms with Gasteiger partial charge < -0.3 is 9.88 Å². The van der Waals surface area contributed by atoms with Crippen LogP contribution in [0, 0.1) is 0 Å². The largest absolute Gasteiger partial charge is 0.361 e. The van der Waals surface area contributed by atoms with Gasteiger partial charge in [-0.3, -0.25) is 4.79 Å². The maximum absolute atomic E-state index is 12.3. The minimum absolute atomic E-state index is 0.0352. The predicted octanol–water partition coefficient (Wildman–Crippen LogP) is 1.36. The van der Waals surface area contributed by atoms with E-state index in [9.17, 15) is 13.2 Å². The van der Waals surface area contributed by atoms with E-state index in [-0.39, 0.29) is 23.5 Å². The second-order valence-corrected chi connectivity index (χ2v) is 7.87. The molecule has 1 unspecified atom stereocenters. The topological polar surface area (TPSA) is 70.2 Å². The van der Waals surface area contributed by atoms with Crippen LogP contribution in [0.2, 0.25) is 0 Å². The number of amides is 1. The Morgan fingerprint density at radius 3 is 2.90 bits per heavy atom. The van der Waals surface area contributed by atoms with E-state index in [1.54, 1.807) is 11.9 Å². The molecule has 1 N–H and O–H groups in total. The molecule has 3 rings (SSSR count). The van der Waals surface area contributed by atoms with Gasteiger partial charge in [0.25, 0.3) is 0 Å². The Bertz CT molecular complexity index is 779. The normalized spacial score (nSPS) is 20.7. The molecule has 1 aromatic carbocycles. The van der Waals surface area contributed by atoms with E-state index in [1.807, 2.05) is 30.5 Å². The summed E-state index contributed by atoms with van der Waals surface area (Å²) in [5, 5.41) is 1.08. The van der Waals surface area contributed by atoms with Crippen molar-refractivity contribution in [2.45, 2.75) is 18.9 Å². The van der Waals surface area contributed by atoms with Crippen molar-refractivity contribution >= 4 is 26.6 Å². The van der Waals surface area contributed by atoms with Crippen LogP contribution in [-0.4, -0.2) is 48.8 Å². The first-order chi connectivity index (χ1) is 9.94. The number of aromatic amines is 1. The number of hydrogen-bond donors (Lipinski definition) is 1. The van der Waals surface area contributed by atoms with Crippen LogP contribution < -0.4 is 0 Å². The van der Waals surface area contributed by atoms with Crippen molar-refractivity contribution in [1.29, 1.82) is 0 Å². The van der Waals surface area contributed by atoms with Crippen molar-refractivity contribution in [3.05, 3.63) is 36.0 Å². The smallest absolute Gasteiger partial charge is 0.227 e. The van der Waals surface area contributed by atoms with E-state index < -0.39 is 9.84 Å². The molecular formula is C15H18N2O3S. The summed E-state index contributed by atoms with van der Waals surface area (Å²) < 4.78 is 23.0. The molecule has 1 fully saturated rings. The average molecular weight is 306 g/mol. The first-order valence-electron chi connectivity index (χ1n) is 6.97. The first-order valence-corrected chi connectivity index (χ1v) is 8.79. The molecule has 1 aliphatic rings. The van der Waals surface area contributed by atoms with E-state index in [0.717, 1.165) is 16.5 Å². The number of aromatic nitrogens is 1. The summed E-state index contributed by atoms with van der Waals surface area (Å²) in [6.45, 7) is 0. The van der Waals surface area contributed by atoms with Crippen LogP contribution in [0.3, 0.4) is 0 Å². The Kier molecular flexibility index (Phi) is 3.49. The summed E-state index contributed by atoms with van der Waals surface area (Å²) in [6.07, 6.45) is 2.71. The third-order valence-corrected chi connectivity index (χ3v) is 5.87. The maximum atomic E-state index is 12.3. The molecule has 5 nitrogen and oxygen atoms in total. The lowest BCUT2D eigenvalue weighted by molar-refractivity contribution is -0.130. The molecule has 2 aromatic rings. The van der Waals surface area contributed by atoms with E-state index in [4.69, 9.17) is 0 Å². The summed E-state index contributed by atoms with van der Waals surface area (Å²) in [6, 6.07) is 7.66. The number of hydrogen-bond acceptors (Lipinski definition) is 3. The van der Waals surface area contributed by atoms with E-state index in [0.29, 0.717) is 12.8 Å². The average Bonchev–Trinajstić information content (AvgIpc) is 3.03. The first kappa shape index (κ1) is 14.1. The number of nitrogens with one attached hydrogen (secondary N) is 1. The minimum Gasteiger partial charge on any atom is -0.361 e. The highest BCUT2D eigenvalue weighted by molar-refractivity contribution is 7.91. The Morgan fingerprint density at radius 2 is 2.19 bits per heavy atom. The van der Waals surface area contributed by atoms with E-state index in [2.05, 4.69) is 4.98 Å². The summed E-state index contributed by atoms with van der Waals surface area (Å²) >= 11 is 0. The highest BCUT2D eigenvalue weighted by Crippen LogP contribution is 2.19. The van der Waals surface area contributed by atoms with Gasteiger partial charge >= 0.3 is 0 Å². The number of nitrogens with zero attached hydrogens (tertiary/aromatic N) is 1. The fraction of sp³-hybridized carbons (Fsp3) is 0.400. The molecule has 1 saturated heterocycles. The van der Waals surface area contributed by atoms with Crippen LogP contribution in [0.15, 0.2) is 30.5 Å². The number of likely N-dealkylation sites (N-methyl/N-ethyl adjacent to an activating group) is 1. The summed E-state index contributed by atoms with van der Waals surface area (Å²) in [5.74, 6) is 0.239. The second-order valence-electron chi connectivity index (χ2n) is 5.64. The third-order valence-electron chi connectivity index (χ3n) is 4.12. The molecule has 0 spiro atoms. The second kappa shape index (κ2) is 5.18. The minimum atomic E-state index is -2.97. The van der Waals surface area contributed by atoms with Gasteiger partial charge in [0.1, 0.15) is 0 Å². The molecule has 0 saturated carbocycles. The molecule has 1 amide bonds. The Balaban J connectivity index is 1.70.